The van der Waals surface area contributed by atoms with E-state index >= 15 is 0 Å². The predicted octanol–water partition coefficient (Wildman–Crippen LogP) is 3.93. The number of rotatable bonds is 18. The van der Waals surface area contributed by atoms with Gasteiger partial charge in [0.2, 0.25) is 34.7 Å². The maximum Gasteiger partial charge on any atom is 0.247 e. The van der Waals surface area contributed by atoms with Crippen LogP contribution in [0.2, 0.25) is 0 Å². The Bertz CT molecular complexity index is 1980. The molecule has 3 N–H and O–H groups in total. The number of nitrogens with zero attached hydrogens (tertiary/aromatic N) is 8. The summed E-state index contributed by atoms with van der Waals surface area (Å²) in [5.74, 6) is 0.942. The molecule has 0 bridgehead atoms. The number of nitrogens with one attached hydrogen (secondary N) is 3. The number of hydrogen-bond acceptors (Lipinski definition) is 11. The van der Waals surface area contributed by atoms with Crippen LogP contribution in [0.15, 0.2) is 54.5 Å². The second-order valence-electron chi connectivity index (χ2n) is 15.5. The van der Waals surface area contributed by atoms with Gasteiger partial charge in [-0.3, -0.25) is 19.1 Å². The normalized spacial score (nSPS) is 18.1. The van der Waals surface area contributed by atoms with Gasteiger partial charge in [0, 0.05) is 70.8 Å². The Hall–Kier alpha value is -5.03. The summed E-state index contributed by atoms with van der Waals surface area (Å²) in [6.07, 6.45) is 13.8. The highest BCUT2D eigenvalue weighted by molar-refractivity contribution is 7.89. The molecule has 1 aromatic carbocycles. The standard InChI is InChI=1S/C39H55N11O5S/c1-6-9-34(37(53)40-7-2)50(27-52)33-11-8-10-32(35(33)46(4)5)47-18-12-28(13-19-47)24-48-25-30(22-43-48)56(54,55)49-20-14-29(15-21-49)44-38-41-23-31(39(3)16-17-39)36(45-38)42-26-51/h7-8,10-11,22-23,25-29,34H,2,6,9,12-21,24H2,1,3-5H3,(H,40,53)(H2,41,42,44,45,51). The van der Waals surface area contributed by atoms with Crippen LogP contribution < -0.4 is 30.7 Å². The van der Waals surface area contributed by atoms with Crippen molar-refractivity contribution in [3.63, 3.8) is 0 Å². The third-order valence-electron chi connectivity index (χ3n) is 11.3. The van der Waals surface area contributed by atoms with E-state index in [9.17, 15) is 22.8 Å². The van der Waals surface area contributed by atoms with Crippen molar-refractivity contribution in [1.29, 1.82) is 0 Å². The van der Waals surface area contributed by atoms with Gasteiger partial charge in [-0.05, 0) is 74.6 Å². The first-order chi connectivity index (χ1) is 26.9. The quantitative estimate of drug-likeness (QED) is 0.159. The Labute approximate surface area is 329 Å². The maximum absolute atomic E-state index is 13.7. The fourth-order valence-electron chi connectivity index (χ4n) is 7.89. The van der Waals surface area contributed by atoms with Crippen molar-refractivity contribution in [2.24, 2.45) is 5.92 Å². The average molecular weight is 790 g/mol. The summed E-state index contributed by atoms with van der Waals surface area (Å²) in [6, 6.07) is 5.16. The molecule has 0 spiro atoms. The maximum atomic E-state index is 13.7. The van der Waals surface area contributed by atoms with Crippen molar-refractivity contribution in [2.75, 3.05) is 65.6 Å². The molecule has 16 nitrogen and oxygen atoms in total. The van der Waals surface area contributed by atoms with Gasteiger partial charge in [-0.25, -0.2) is 13.4 Å². The van der Waals surface area contributed by atoms with Crippen LogP contribution in [-0.4, -0.2) is 104 Å². The third kappa shape index (κ3) is 8.83. The first-order valence-corrected chi connectivity index (χ1v) is 20.9. The van der Waals surface area contributed by atoms with Gasteiger partial charge >= 0.3 is 0 Å². The summed E-state index contributed by atoms with van der Waals surface area (Å²) in [7, 11) is 0.150. The molecule has 2 saturated heterocycles. The highest BCUT2D eigenvalue weighted by atomic mass is 32.2. The lowest BCUT2D eigenvalue weighted by atomic mass is 9.96. The molecule has 17 heteroatoms. The zero-order valence-corrected chi connectivity index (χ0v) is 33.7. The van der Waals surface area contributed by atoms with Crippen molar-refractivity contribution in [1.82, 2.24) is 29.4 Å². The number of carbonyl (C=O) groups excluding carboxylic acids is 3. The third-order valence-corrected chi connectivity index (χ3v) is 13.2. The number of sulfonamides is 1. The Kier molecular flexibility index (Phi) is 12.6. The molecule has 3 aromatic rings. The summed E-state index contributed by atoms with van der Waals surface area (Å²) in [4.78, 5) is 51.8. The largest absolute Gasteiger partial charge is 0.374 e. The molecule has 3 amide bonds. The van der Waals surface area contributed by atoms with Crippen LogP contribution in [0, 0.1) is 5.92 Å². The monoisotopic (exact) mass is 789 g/mol. The van der Waals surface area contributed by atoms with Crippen LogP contribution in [0.5, 0.6) is 0 Å². The molecular weight excluding hydrogens is 735 g/mol. The summed E-state index contributed by atoms with van der Waals surface area (Å²) >= 11 is 0. The fraction of sp³-hybridized carbons (Fsp3) is 0.538. The van der Waals surface area contributed by atoms with E-state index in [-0.39, 0.29) is 22.3 Å². The second-order valence-corrected chi connectivity index (χ2v) is 17.4. The van der Waals surface area contributed by atoms with Crippen molar-refractivity contribution in [3.05, 3.63) is 55.1 Å². The smallest absolute Gasteiger partial charge is 0.247 e. The molecule has 1 aliphatic carbocycles. The highest BCUT2D eigenvalue weighted by Gasteiger charge is 2.42. The Balaban J connectivity index is 1.04. The van der Waals surface area contributed by atoms with Crippen molar-refractivity contribution in [3.8, 4) is 0 Å². The van der Waals surface area contributed by atoms with E-state index in [4.69, 9.17) is 0 Å². The van der Waals surface area contributed by atoms with Crippen molar-refractivity contribution >= 4 is 57.6 Å². The summed E-state index contributed by atoms with van der Waals surface area (Å²) in [6.45, 7) is 10.6. The predicted molar refractivity (Wildman–Crippen MR) is 217 cm³/mol. The summed E-state index contributed by atoms with van der Waals surface area (Å²) in [5.41, 5.74) is 3.43. The molecule has 2 aromatic heterocycles. The first kappa shape index (κ1) is 40.6. The zero-order valence-electron chi connectivity index (χ0n) is 32.9. The number of anilines is 5. The molecule has 6 rings (SSSR count). The topological polar surface area (TPSA) is 178 Å². The molecule has 4 heterocycles. The second kappa shape index (κ2) is 17.4. The van der Waals surface area contributed by atoms with Gasteiger partial charge in [-0.15, -0.1) is 0 Å². The number of benzene rings is 1. The molecule has 1 saturated carbocycles. The lowest BCUT2D eigenvalue weighted by molar-refractivity contribution is -0.123. The van der Waals surface area contributed by atoms with E-state index < -0.39 is 16.1 Å². The van der Waals surface area contributed by atoms with Crippen LogP contribution in [0.3, 0.4) is 0 Å². The van der Waals surface area contributed by atoms with E-state index in [1.165, 1.54) is 21.6 Å². The van der Waals surface area contributed by atoms with Gasteiger partial charge in [-0.2, -0.15) is 14.4 Å². The van der Waals surface area contributed by atoms with Crippen LogP contribution in [0.25, 0.3) is 0 Å². The SMILES string of the molecule is C=CNC(=O)C(CCC)N(C=O)c1cccc(N2CCC(Cn3cc(S(=O)(=O)N4CCC(Nc5ncc(C6(C)CC6)c(NC=O)n5)CC4)cn3)CC2)c1N(C)C. The lowest BCUT2D eigenvalue weighted by Gasteiger charge is -2.38. The van der Waals surface area contributed by atoms with Crippen LogP contribution in [-0.2, 0) is 36.4 Å². The van der Waals surface area contributed by atoms with Crippen molar-refractivity contribution < 1.29 is 22.8 Å². The zero-order chi connectivity index (χ0) is 40.0. The minimum atomic E-state index is -3.73. The number of aromatic nitrogens is 4. The number of piperidine rings is 2. The van der Waals surface area contributed by atoms with Crippen LogP contribution >= 0.6 is 0 Å². The van der Waals surface area contributed by atoms with Gasteiger partial charge < -0.3 is 30.7 Å². The van der Waals surface area contributed by atoms with Gasteiger partial charge in [0.25, 0.3) is 0 Å². The van der Waals surface area contributed by atoms with Crippen LogP contribution in [0.4, 0.5) is 28.8 Å². The molecular formula is C39H55N11O5S. The molecule has 1 atom stereocenters. The van der Waals surface area contributed by atoms with E-state index in [0.29, 0.717) is 68.7 Å². The highest BCUT2D eigenvalue weighted by Crippen LogP contribution is 2.49. The first-order valence-electron chi connectivity index (χ1n) is 19.5. The molecule has 2 aliphatic heterocycles. The molecule has 3 aliphatic rings. The number of hydrogen-bond donors (Lipinski definition) is 3. The lowest BCUT2D eigenvalue weighted by Crippen LogP contribution is -2.46. The van der Waals surface area contributed by atoms with E-state index in [1.54, 1.807) is 17.1 Å². The van der Waals surface area contributed by atoms with E-state index in [0.717, 1.165) is 68.5 Å². The molecule has 3 fully saturated rings. The average Bonchev–Trinajstić information content (AvgIpc) is 3.75. The number of para-hydroxylation sites is 1. The number of amides is 3. The fourth-order valence-corrected chi connectivity index (χ4v) is 9.32. The number of carbonyl (C=O) groups is 3. The van der Waals surface area contributed by atoms with Gasteiger partial charge in [0.15, 0.2) is 0 Å². The molecule has 1 unspecified atom stereocenters. The molecule has 56 heavy (non-hydrogen) atoms. The summed E-state index contributed by atoms with van der Waals surface area (Å²) in [5, 5.41) is 13.2. The molecule has 0 radical (unpaired) electrons. The Morgan fingerprint density at radius 2 is 1.82 bits per heavy atom. The van der Waals surface area contributed by atoms with Gasteiger partial charge in [0.05, 0.1) is 23.3 Å². The Morgan fingerprint density at radius 3 is 2.45 bits per heavy atom. The minimum absolute atomic E-state index is 0.00593. The van der Waals surface area contributed by atoms with Crippen LogP contribution in [0.1, 0.15) is 70.8 Å². The van der Waals surface area contributed by atoms with E-state index in [2.05, 4.69) is 49.4 Å². The molecule has 302 valence electrons. The van der Waals surface area contributed by atoms with E-state index in [1.807, 2.05) is 44.1 Å². The van der Waals surface area contributed by atoms with Gasteiger partial charge in [0.1, 0.15) is 16.8 Å². The summed E-state index contributed by atoms with van der Waals surface area (Å²) < 4.78 is 30.6. The van der Waals surface area contributed by atoms with Crippen molar-refractivity contribution in [2.45, 2.75) is 94.2 Å². The van der Waals surface area contributed by atoms with Gasteiger partial charge in [-0.1, -0.05) is 32.9 Å². The Morgan fingerprint density at radius 1 is 1.09 bits per heavy atom. The minimum Gasteiger partial charge on any atom is -0.374 e.